The first-order valence-electron chi connectivity index (χ1n) is 7.50. The molecule has 1 saturated carbocycles. The van der Waals surface area contributed by atoms with E-state index in [-0.39, 0.29) is 24.4 Å². The number of amides is 2. The number of hydrogen-bond donors (Lipinski definition) is 3. The minimum absolute atomic E-state index is 0.0496. The van der Waals surface area contributed by atoms with Gasteiger partial charge >= 0.3 is 5.97 Å². The number of carbonyl (C=O) groups excluding carboxylic acids is 2. The number of likely N-dealkylation sites (N-methyl/N-ethyl adjacent to an activating group) is 1. The topological polar surface area (TPSA) is 98.7 Å². The van der Waals surface area contributed by atoms with Crippen molar-refractivity contribution in [2.24, 2.45) is 0 Å². The molecule has 7 heteroatoms. The Morgan fingerprint density at radius 3 is 2.65 bits per heavy atom. The number of rotatable bonds is 7. The zero-order valence-corrected chi connectivity index (χ0v) is 13.2. The molecule has 23 heavy (non-hydrogen) atoms. The highest BCUT2D eigenvalue weighted by molar-refractivity contribution is 5.97. The van der Waals surface area contributed by atoms with Crippen LogP contribution in [0.15, 0.2) is 24.3 Å². The Morgan fingerprint density at radius 1 is 1.35 bits per heavy atom. The minimum atomic E-state index is -0.987. The monoisotopic (exact) mass is 319 g/mol. The van der Waals surface area contributed by atoms with Crippen LogP contribution in [-0.2, 0) is 9.59 Å². The molecule has 3 N–H and O–H groups in total. The van der Waals surface area contributed by atoms with Gasteiger partial charge < -0.3 is 15.7 Å². The zero-order valence-electron chi connectivity index (χ0n) is 13.2. The lowest BCUT2D eigenvalue weighted by atomic mass is 10.2. The molecule has 0 aliphatic heterocycles. The quantitative estimate of drug-likeness (QED) is 0.694. The Bertz CT molecular complexity index is 613. The van der Waals surface area contributed by atoms with Crippen molar-refractivity contribution >= 4 is 23.5 Å². The molecule has 0 radical (unpaired) electrons. The van der Waals surface area contributed by atoms with Gasteiger partial charge in [-0.2, -0.15) is 0 Å². The van der Waals surface area contributed by atoms with Gasteiger partial charge in [0.05, 0.1) is 6.54 Å². The maximum absolute atomic E-state index is 12.0. The summed E-state index contributed by atoms with van der Waals surface area (Å²) in [6.45, 7) is 1.46. The van der Waals surface area contributed by atoms with Crippen LogP contribution >= 0.6 is 0 Å². The number of nitrogens with one attached hydrogen (secondary N) is 2. The van der Waals surface area contributed by atoms with Crippen LogP contribution in [0.25, 0.3) is 0 Å². The van der Waals surface area contributed by atoms with Crippen LogP contribution in [0.2, 0.25) is 0 Å². The van der Waals surface area contributed by atoms with Gasteiger partial charge in [0.25, 0.3) is 5.91 Å². The summed E-state index contributed by atoms with van der Waals surface area (Å²) in [6, 6.07) is 6.19. The SMILES string of the molecule is CC(C(=O)O)N(C)CC(=O)Nc1cccc(C(=O)NC2CC2)c1. The Labute approximate surface area is 134 Å². The van der Waals surface area contributed by atoms with E-state index in [0.717, 1.165) is 12.8 Å². The van der Waals surface area contributed by atoms with Crippen LogP contribution in [0, 0.1) is 0 Å². The number of aliphatic carboxylic acids is 1. The zero-order chi connectivity index (χ0) is 17.0. The maximum atomic E-state index is 12.0. The Kier molecular flexibility index (Phi) is 5.33. The lowest BCUT2D eigenvalue weighted by molar-refractivity contribution is -0.142. The fraction of sp³-hybridized carbons (Fsp3) is 0.438. The Morgan fingerprint density at radius 2 is 2.04 bits per heavy atom. The second-order valence-corrected chi connectivity index (χ2v) is 5.81. The lowest BCUT2D eigenvalue weighted by Gasteiger charge is -2.20. The molecule has 124 valence electrons. The Hall–Kier alpha value is -2.41. The first-order valence-corrected chi connectivity index (χ1v) is 7.50. The van der Waals surface area contributed by atoms with Gasteiger partial charge in [-0.15, -0.1) is 0 Å². The molecular formula is C16H21N3O4. The third-order valence-corrected chi connectivity index (χ3v) is 3.73. The molecule has 0 bridgehead atoms. The van der Waals surface area contributed by atoms with Crippen molar-refractivity contribution in [2.75, 3.05) is 18.9 Å². The average Bonchev–Trinajstić information content (AvgIpc) is 3.30. The van der Waals surface area contributed by atoms with Crippen molar-refractivity contribution in [3.05, 3.63) is 29.8 Å². The minimum Gasteiger partial charge on any atom is -0.480 e. The van der Waals surface area contributed by atoms with Crippen LogP contribution in [0.4, 0.5) is 5.69 Å². The molecule has 1 aromatic carbocycles. The third kappa shape index (κ3) is 5.07. The molecule has 1 unspecified atom stereocenters. The van der Waals surface area contributed by atoms with E-state index in [9.17, 15) is 14.4 Å². The number of benzene rings is 1. The van der Waals surface area contributed by atoms with Gasteiger partial charge in [-0.05, 0) is 45.0 Å². The molecule has 1 fully saturated rings. The molecule has 1 aromatic rings. The number of nitrogens with zero attached hydrogens (tertiary/aromatic N) is 1. The van der Waals surface area contributed by atoms with E-state index in [0.29, 0.717) is 11.3 Å². The van der Waals surface area contributed by atoms with Gasteiger partial charge in [0.2, 0.25) is 5.91 Å². The van der Waals surface area contributed by atoms with E-state index in [1.165, 1.54) is 11.8 Å². The summed E-state index contributed by atoms with van der Waals surface area (Å²) in [7, 11) is 1.57. The van der Waals surface area contributed by atoms with E-state index in [4.69, 9.17) is 5.11 Å². The van der Waals surface area contributed by atoms with Crippen molar-refractivity contribution in [1.29, 1.82) is 0 Å². The number of carboxylic acid groups (broad SMARTS) is 1. The second kappa shape index (κ2) is 7.23. The van der Waals surface area contributed by atoms with Crippen molar-refractivity contribution in [3.8, 4) is 0 Å². The lowest BCUT2D eigenvalue weighted by Crippen LogP contribution is -2.40. The van der Waals surface area contributed by atoms with Gasteiger partial charge in [-0.1, -0.05) is 6.07 Å². The van der Waals surface area contributed by atoms with Crippen molar-refractivity contribution in [1.82, 2.24) is 10.2 Å². The molecular weight excluding hydrogens is 298 g/mol. The molecule has 1 aliphatic rings. The van der Waals surface area contributed by atoms with Gasteiger partial charge in [-0.3, -0.25) is 19.3 Å². The second-order valence-electron chi connectivity index (χ2n) is 5.81. The summed E-state index contributed by atoms with van der Waals surface area (Å²) >= 11 is 0. The fourth-order valence-electron chi connectivity index (χ4n) is 1.99. The van der Waals surface area contributed by atoms with Crippen molar-refractivity contribution in [2.45, 2.75) is 31.8 Å². The highest BCUT2D eigenvalue weighted by Gasteiger charge is 2.24. The predicted octanol–water partition coefficient (Wildman–Crippen LogP) is 0.922. The molecule has 7 nitrogen and oxygen atoms in total. The standard InChI is InChI=1S/C16H21N3O4/c1-10(16(22)23)19(2)9-14(20)17-13-5-3-4-11(8-13)15(21)18-12-6-7-12/h3-5,8,10,12H,6-7,9H2,1-2H3,(H,17,20)(H,18,21)(H,22,23). The highest BCUT2D eigenvalue weighted by atomic mass is 16.4. The normalized spacial score (nSPS) is 15.1. The average molecular weight is 319 g/mol. The van der Waals surface area contributed by atoms with Gasteiger partial charge in [-0.25, -0.2) is 0 Å². The maximum Gasteiger partial charge on any atom is 0.320 e. The predicted molar refractivity (Wildman–Crippen MR) is 85.3 cm³/mol. The van der Waals surface area contributed by atoms with Crippen LogP contribution < -0.4 is 10.6 Å². The summed E-state index contributed by atoms with van der Waals surface area (Å²) < 4.78 is 0. The summed E-state index contributed by atoms with van der Waals surface area (Å²) in [5.41, 5.74) is 0.997. The molecule has 0 heterocycles. The molecule has 2 rings (SSSR count). The summed E-state index contributed by atoms with van der Waals surface area (Å²) in [6.07, 6.45) is 2.02. The van der Waals surface area contributed by atoms with E-state index < -0.39 is 12.0 Å². The van der Waals surface area contributed by atoms with Gasteiger partial charge in [0.15, 0.2) is 0 Å². The smallest absolute Gasteiger partial charge is 0.320 e. The number of carboxylic acids is 1. The van der Waals surface area contributed by atoms with E-state index in [1.54, 1.807) is 31.3 Å². The summed E-state index contributed by atoms with van der Waals surface area (Å²) in [5, 5.41) is 14.5. The molecule has 1 aliphatic carbocycles. The van der Waals surface area contributed by atoms with Crippen molar-refractivity contribution < 1.29 is 19.5 Å². The van der Waals surface area contributed by atoms with Crippen LogP contribution in [0.3, 0.4) is 0 Å². The van der Waals surface area contributed by atoms with Crippen LogP contribution in [0.5, 0.6) is 0 Å². The van der Waals surface area contributed by atoms with Crippen LogP contribution in [-0.4, -0.2) is 53.5 Å². The number of carbonyl (C=O) groups is 3. The van der Waals surface area contributed by atoms with E-state index >= 15 is 0 Å². The molecule has 2 amide bonds. The molecule has 0 saturated heterocycles. The van der Waals surface area contributed by atoms with Crippen molar-refractivity contribution in [3.63, 3.8) is 0 Å². The van der Waals surface area contributed by atoms with E-state index in [2.05, 4.69) is 10.6 Å². The van der Waals surface area contributed by atoms with Gasteiger partial charge in [0, 0.05) is 17.3 Å². The first-order chi connectivity index (χ1) is 10.9. The number of hydrogen-bond acceptors (Lipinski definition) is 4. The third-order valence-electron chi connectivity index (χ3n) is 3.73. The fourth-order valence-corrected chi connectivity index (χ4v) is 1.99. The van der Waals surface area contributed by atoms with Crippen LogP contribution in [0.1, 0.15) is 30.1 Å². The number of anilines is 1. The van der Waals surface area contributed by atoms with Gasteiger partial charge in [0.1, 0.15) is 6.04 Å². The summed E-state index contributed by atoms with van der Waals surface area (Å²) in [5.74, 6) is -1.47. The molecule has 0 aromatic heterocycles. The first kappa shape index (κ1) is 17.0. The molecule has 1 atom stereocenters. The summed E-state index contributed by atoms with van der Waals surface area (Å²) in [4.78, 5) is 36.3. The van der Waals surface area contributed by atoms with E-state index in [1.807, 2.05) is 0 Å². The Balaban J connectivity index is 1.92. The molecule has 0 spiro atoms. The highest BCUT2D eigenvalue weighted by Crippen LogP contribution is 2.20. The largest absolute Gasteiger partial charge is 0.480 e.